The normalized spacial score (nSPS) is 45.0. The van der Waals surface area contributed by atoms with Gasteiger partial charge in [-0.3, -0.25) is 14.4 Å². The first-order chi connectivity index (χ1) is 19.6. The highest BCUT2D eigenvalue weighted by Gasteiger charge is 2.79. The Balaban J connectivity index is 1.62. The Kier molecular flexibility index (Phi) is 6.58. The Hall–Kier alpha value is -2.69. The van der Waals surface area contributed by atoms with Crippen LogP contribution in [0.1, 0.15) is 92.1 Å². The molecular formula is C32H42O10. The van der Waals surface area contributed by atoms with Gasteiger partial charge < -0.3 is 23.7 Å². The van der Waals surface area contributed by atoms with Crippen LogP contribution < -0.4 is 0 Å². The number of allylic oxidation sites excluding steroid dienone is 1. The van der Waals surface area contributed by atoms with Gasteiger partial charge in [-0.1, -0.05) is 25.5 Å². The summed E-state index contributed by atoms with van der Waals surface area (Å²) in [7, 11) is 0. The minimum atomic E-state index is -1.73. The Morgan fingerprint density at radius 3 is 2.21 bits per heavy atom. The number of esters is 3. The van der Waals surface area contributed by atoms with Gasteiger partial charge in [0.1, 0.15) is 23.9 Å². The van der Waals surface area contributed by atoms with E-state index in [9.17, 15) is 19.5 Å². The Morgan fingerprint density at radius 2 is 1.60 bits per heavy atom. The topological polar surface area (TPSA) is 131 Å². The smallest absolute Gasteiger partial charge is 0.302 e. The van der Waals surface area contributed by atoms with E-state index in [0.717, 1.165) is 17.6 Å². The summed E-state index contributed by atoms with van der Waals surface area (Å²) >= 11 is 0. The van der Waals surface area contributed by atoms with Crippen LogP contribution >= 0.6 is 0 Å². The highest BCUT2D eigenvalue weighted by molar-refractivity contribution is 5.68. The van der Waals surface area contributed by atoms with Crippen LogP contribution in [0.15, 0.2) is 34.7 Å². The summed E-state index contributed by atoms with van der Waals surface area (Å²) in [6.07, 6.45) is 5.34. The first kappa shape index (κ1) is 29.4. The molecule has 10 nitrogen and oxygen atoms in total. The van der Waals surface area contributed by atoms with Gasteiger partial charge in [0.25, 0.3) is 0 Å². The summed E-state index contributed by atoms with van der Waals surface area (Å²) < 4.78 is 24.0. The lowest BCUT2D eigenvalue weighted by Crippen LogP contribution is -2.70. The molecule has 0 unspecified atom stereocenters. The van der Waals surface area contributed by atoms with Crippen LogP contribution in [0.4, 0.5) is 0 Å². The molecule has 1 aromatic rings. The Bertz CT molecular complexity index is 1320. The Labute approximate surface area is 246 Å². The van der Waals surface area contributed by atoms with Gasteiger partial charge in [0.2, 0.25) is 5.79 Å². The third-order valence-corrected chi connectivity index (χ3v) is 11.3. The van der Waals surface area contributed by atoms with Crippen LogP contribution in [0.3, 0.4) is 0 Å². The number of carbonyl (C=O) groups excluding carboxylic acids is 3. The van der Waals surface area contributed by atoms with Gasteiger partial charge in [0.15, 0.2) is 0 Å². The van der Waals surface area contributed by atoms with Gasteiger partial charge in [-0.15, -0.1) is 0 Å². The highest BCUT2D eigenvalue weighted by atomic mass is 17.2. The van der Waals surface area contributed by atoms with E-state index in [-0.39, 0.29) is 18.8 Å². The van der Waals surface area contributed by atoms with Gasteiger partial charge in [-0.2, -0.15) is 0 Å². The fourth-order valence-electron chi connectivity index (χ4n) is 10.3. The van der Waals surface area contributed by atoms with Crippen molar-refractivity contribution in [2.45, 2.75) is 116 Å². The van der Waals surface area contributed by atoms with Crippen molar-refractivity contribution in [3.63, 3.8) is 0 Å². The molecule has 1 aromatic heterocycles. The molecule has 2 heterocycles. The molecule has 230 valence electrons. The molecule has 1 saturated heterocycles. The molecule has 1 aliphatic heterocycles. The maximum atomic E-state index is 12.8. The molecule has 4 fully saturated rings. The summed E-state index contributed by atoms with van der Waals surface area (Å²) in [5, 5.41) is 11.8. The second-order valence-electron chi connectivity index (χ2n) is 14.2. The van der Waals surface area contributed by atoms with Crippen molar-refractivity contribution in [3.8, 4) is 0 Å². The predicted molar refractivity (Wildman–Crippen MR) is 146 cm³/mol. The van der Waals surface area contributed by atoms with E-state index >= 15 is 0 Å². The third kappa shape index (κ3) is 4.04. The summed E-state index contributed by atoms with van der Waals surface area (Å²) in [5.74, 6) is -3.92. The van der Waals surface area contributed by atoms with Gasteiger partial charge in [-0.25, -0.2) is 9.78 Å². The molecule has 5 aliphatic rings. The van der Waals surface area contributed by atoms with E-state index in [1.807, 2.05) is 19.9 Å². The minimum absolute atomic E-state index is 0.00469. The predicted octanol–water partition coefficient (Wildman–Crippen LogP) is 4.75. The van der Waals surface area contributed by atoms with Crippen LogP contribution in [0.2, 0.25) is 0 Å². The lowest BCUT2D eigenvalue weighted by molar-refractivity contribution is -0.456. The number of fused-ring (bicyclic) bond motifs is 4. The first-order valence-electron chi connectivity index (χ1n) is 14.9. The number of aliphatic hydroxyl groups is 1. The maximum absolute atomic E-state index is 12.8. The largest absolute Gasteiger partial charge is 0.472 e. The number of furan rings is 1. The Morgan fingerprint density at radius 1 is 0.929 bits per heavy atom. The van der Waals surface area contributed by atoms with Crippen molar-refractivity contribution in [1.29, 1.82) is 0 Å². The zero-order chi connectivity index (χ0) is 30.5. The molecule has 6 rings (SSSR count). The lowest BCUT2D eigenvalue weighted by atomic mass is 9.38. The molecule has 10 atom stereocenters. The van der Waals surface area contributed by atoms with Gasteiger partial charge in [0, 0.05) is 56.3 Å². The minimum Gasteiger partial charge on any atom is -0.472 e. The number of hydrogen-bond donors (Lipinski definition) is 1. The third-order valence-electron chi connectivity index (χ3n) is 11.3. The van der Waals surface area contributed by atoms with Crippen molar-refractivity contribution in [2.75, 3.05) is 0 Å². The summed E-state index contributed by atoms with van der Waals surface area (Å²) in [5.41, 5.74) is -1.06. The van der Waals surface area contributed by atoms with Crippen molar-refractivity contribution in [2.24, 2.45) is 28.1 Å². The second-order valence-corrected chi connectivity index (χ2v) is 14.2. The fourth-order valence-corrected chi connectivity index (χ4v) is 10.3. The number of carbonyl (C=O) groups is 3. The fraction of sp³-hybridized carbons (Fsp3) is 0.719. The molecule has 0 amide bonds. The molecule has 0 radical (unpaired) electrons. The summed E-state index contributed by atoms with van der Waals surface area (Å²) in [6, 6.07) is 1.97. The zero-order valence-corrected chi connectivity index (χ0v) is 25.4. The molecule has 1 N–H and O–H groups in total. The molecule has 3 saturated carbocycles. The van der Waals surface area contributed by atoms with E-state index in [1.54, 1.807) is 12.5 Å². The van der Waals surface area contributed by atoms with Crippen molar-refractivity contribution >= 4 is 17.9 Å². The molecule has 42 heavy (non-hydrogen) atoms. The van der Waals surface area contributed by atoms with Crippen LogP contribution in [0, 0.1) is 28.1 Å². The lowest BCUT2D eigenvalue weighted by Gasteiger charge is -2.67. The van der Waals surface area contributed by atoms with Crippen LogP contribution in [0.25, 0.3) is 0 Å². The molecule has 2 bridgehead atoms. The monoisotopic (exact) mass is 586 g/mol. The second kappa shape index (κ2) is 9.40. The average molecular weight is 587 g/mol. The van der Waals surface area contributed by atoms with E-state index in [2.05, 4.69) is 19.9 Å². The van der Waals surface area contributed by atoms with Crippen LogP contribution in [-0.4, -0.2) is 52.7 Å². The van der Waals surface area contributed by atoms with E-state index < -0.39 is 75.7 Å². The van der Waals surface area contributed by atoms with Gasteiger partial charge in [0.05, 0.1) is 12.5 Å². The number of ether oxygens (including phenoxy) is 3. The van der Waals surface area contributed by atoms with Crippen molar-refractivity contribution in [1.82, 2.24) is 0 Å². The highest BCUT2D eigenvalue weighted by Crippen LogP contribution is 2.76. The van der Waals surface area contributed by atoms with Crippen molar-refractivity contribution < 1.29 is 47.9 Å². The number of rotatable bonds is 4. The summed E-state index contributed by atoms with van der Waals surface area (Å²) in [6.45, 7) is 12.2. The van der Waals surface area contributed by atoms with Crippen LogP contribution in [0.5, 0.6) is 0 Å². The average Bonchev–Trinajstić information content (AvgIpc) is 3.55. The SMILES string of the molecule is CC(=O)O[C@H]1C[C@]2(C)C(=CC[C@H]2c2ccoc2)[C@]2(C)[C@H](OC(C)=O)C[C@H]3C(C)(C)OO[C@]4(O)C[C@H](OC(C)=O)[C@]3(C4)[C@@H]12. The summed E-state index contributed by atoms with van der Waals surface area (Å²) in [4.78, 5) is 49.8. The molecule has 1 spiro atoms. The van der Waals surface area contributed by atoms with Crippen LogP contribution in [-0.2, 0) is 38.4 Å². The van der Waals surface area contributed by atoms with Gasteiger partial charge in [-0.05, 0) is 56.1 Å². The number of hydrogen-bond acceptors (Lipinski definition) is 10. The van der Waals surface area contributed by atoms with E-state index in [4.69, 9.17) is 28.4 Å². The first-order valence-corrected chi connectivity index (χ1v) is 14.9. The van der Waals surface area contributed by atoms with E-state index in [1.165, 1.54) is 20.8 Å². The molecule has 4 aliphatic carbocycles. The zero-order valence-electron chi connectivity index (χ0n) is 25.4. The standard InChI is InChI=1S/C32H42O10/c1-17(33)38-22-13-29(6)21(20-10-11-37-15-20)8-9-23(29)30(7)25(39-18(2)34)12-24-28(4,5)41-42-31(36)14-26(40-19(3)35)32(24,16-31)27(22)30/h9-11,15,21-22,24-27,36H,8,12-14,16H2,1-7H3/t21-,22-,24-,25+,26-,27-,29-,30+,31+,32+/m0/s1. The van der Waals surface area contributed by atoms with Gasteiger partial charge >= 0.3 is 17.9 Å². The molecule has 0 aromatic carbocycles. The maximum Gasteiger partial charge on any atom is 0.302 e. The van der Waals surface area contributed by atoms with Crippen molar-refractivity contribution in [3.05, 3.63) is 35.8 Å². The molecule has 10 heteroatoms. The molecular weight excluding hydrogens is 544 g/mol. The van der Waals surface area contributed by atoms with E-state index in [0.29, 0.717) is 12.8 Å². The quantitative estimate of drug-likeness (QED) is 0.228.